The molecule has 1 saturated heterocycles. The maximum Gasteiger partial charge on any atom is 0.266 e. The Kier molecular flexibility index (Phi) is 3.21. The zero-order chi connectivity index (χ0) is 10.8. The number of carbonyl (C=O) groups excluding carboxylic acids is 1. The largest absolute Gasteiger partial charge is 0.397 e. The first-order valence-corrected chi connectivity index (χ1v) is 6.91. The molecule has 2 N–H and O–H groups in total. The molecular formula is C10H14N2OS2. The van der Waals surface area contributed by atoms with Crippen LogP contribution in [-0.4, -0.2) is 35.4 Å². The Labute approximate surface area is 97.6 Å². The topological polar surface area (TPSA) is 46.3 Å². The van der Waals surface area contributed by atoms with Gasteiger partial charge < -0.3 is 10.6 Å². The third kappa shape index (κ3) is 2.13. The number of carbonyl (C=O) groups is 1. The zero-order valence-electron chi connectivity index (χ0n) is 8.60. The highest BCUT2D eigenvalue weighted by molar-refractivity contribution is 7.99. The summed E-state index contributed by atoms with van der Waals surface area (Å²) in [5.41, 5.74) is 6.34. The summed E-state index contributed by atoms with van der Waals surface area (Å²) in [5.74, 6) is 2.27. The third-order valence-corrected chi connectivity index (χ3v) is 4.73. The van der Waals surface area contributed by atoms with E-state index in [4.69, 9.17) is 5.73 Å². The van der Waals surface area contributed by atoms with Crippen LogP contribution in [0.3, 0.4) is 0 Å². The summed E-state index contributed by atoms with van der Waals surface area (Å²) in [5, 5.41) is 1.86. The number of thiophene rings is 1. The van der Waals surface area contributed by atoms with E-state index in [0.717, 1.165) is 17.9 Å². The lowest BCUT2D eigenvalue weighted by Crippen LogP contribution is -2.36. The summed E-state index contributed by atoms with van der Waals surface area (Å²) < 4.78 is 0. The number of anilines is 1. The highest BCUT2D eigenvalue weighted by Gasteiger charge is 2.26. The molecule has 1 aliphatic heterocycles. The average Bonchev–Trinajstić information content (AvgIpc) is 2.85. The number of hydrogen-bond donors (Lipinski definition) is 1. The highest BCUT2D eigenvalue weighted by atomic mass is 32.2. The van der Waals surface area contributed by atoms with Crippen LogP contribution in [0, 0.1) is 0 Å². The number of nitrogens with zero attached hydrogens (tertiary/aromatic N) is 1. The predicted octanol–water partition coefficient (Wildman–Crippen LogP) is 1.91. The molecule has 5 heteroatoms. The molecule has 82 valence electrons. The van der Waals surface area contributed by atoms with Crippen LogP contribution in [0.5, 0.6) is 0 Å². The molecule has 0 saturated carbocycles. The summed E-state index contributed by atoms with van der Waals surface area (Å²) in [4.78, 5) is 14.6. The summed E-state index contributed by atoms with van der Waals surface area (Å²) in [6.07, 6.45) is 1.10. The van der Waals surface area contributed by atoms with E-state index >= 15 is 0 Å². The van der Waals surface area contributed by atoms with Gasteiger partial charge in [-0.1, -0.05) is 0 Å². The first kappa shape index (κ1) is 10.8. The number of nitrogen functional groups attached to an aromatic ring is 1. The highest BCUT2D eigenvalue weighted by Crippen LogP contribution is 2.26. The molecule has 1 aromatic rings. The normalized spacial score (nSPS) is 20.5. The monoisotopic (exact) mass is 242 g/mol. The Morgan fingerprint density at radius 1 is 1.67 bits per heavy atom. The number of hydrogen-bond acceptors (Lipinski definition) is 4. The number of thioether (sulfide) groups is 1. The van der Waals surface area contributed by atoms with Gasteiger partial charge >= 0.3 is 0 Å². The fourth-order valence-electron chi connectivity index (χ4n) is 1.65. The molecule has 0 radical (unpaired) electrons. The van der Waals surface area contributed by atoms with Crippen LogP contribution in [0.25, 0.3) is 0 Å². The van der Waals surface area contributed by atoms with Gasteiger partial charge in [-0.25, -0.2) is 0 Å². The number of rotatable bonds is 2. The van der Waals surface area contributed by atoms with E-state index in [1.807, 2.05) is 29.1 Å². The molecule has 1 amide bonds. The van der Waals surface area contributed by atoms with E-state index in [1.54, 1.807) is 6.07 Å². The van der Waals surface area contributed by atoms with Gasteiger partial charge in [0.05, 0.1) is 5.69 Å². The minimum Gasteiger partial charge on any atom is -0.397 e. The van der Waals surface area contributed by atoms with E-state index in [0.29, 0.717) is 16.6 Å². The maximum absolute atomic E-state index is 12.1. The molecule has 0 bridgehead atoms. The molecule has 1 aromatic heterocycles. The van der Waals surface area contributed by atoms with Crippen molar-refractivity contribution in [2.75, 3.05) is 24.3 Å². The maximum atomic E-state index is 12.1. The smallest absolute Gasteiger partial charge is 0.266 e. The standard InChI is InChI=1S/C10H14N2OS2/c1-12(7-2-4-14-6-7)10(13)9-8(11)3-5-15-9/h3,5,7H,2,4,6,11H2,1H3. The molecule has 2 heterocycles. The van der Waals surface area contributed by atoms with Gasteiger partial charge in [0, 0.05) is 18.8 Å². The zero-order valence-corrected chi connectivity index (χ0v) is 10.2. The second-order valence-electron chi connectivity index (χ2n) is 3.64. The lowest BCUT2D eigenvalue weighted by Gasteiger charge is -2.23. The molecule has 1 aliphatic rings. The van der Waals surface area contributed by atoms with Crippen molar-refractivity contribution >= 4 is 34.7 Å². The van der Waals surface area contributed by atoms with Crippen molar-refractivity contribution in [3.05, 3.63) is 16.3 Å². The van der Waals surface area contributed by atoms with Crippen LogP contribution in [0.15, 0.2) is 11.4 Å². The summed E-state index contributed by atoms with van der Waals surface area (Å²) >= 11 is 3.33. The van der Waals surface area contributed by atoms with Crippen molar-refractivity contribution in [3.8, 4) is 0 Å². The van der Waals surface area contributed by atoms with Gasteiger partial charge in [-0.3, -0.25) is 4.79 Å². The fourth-order valence-corrected chi connectivity index (χ4v) is 3.71. The number of amides is 1. The van der Waals surface area contributed by atoms with E-state index in [1.165, 1.54) is 11.3 Å². The molecule has 1 unspecified atom stereocenters. The van der Waals surface area contributed by atoms with Gasteiger partial charge in [0.15, 0.2) is 0 Å². The molecule has 0 aliphatic carbocycles. The Balaban J connectivity index is 2.10. The first-order valence-electron chi connectivity index (χ1n) is 4.88. The van der Waals surface area contributed by atoms with Gasteiger partial charge in [0.1, 0.15) is 4.88 Å². The van der Waals surface area contributed by atoms with Crippen LogP contribution in [-0.2, 0) is 0 Å². The van der Waals surface area contributed by atoms with E-state index in [2.05, 4.69) is 0 Å². The Bertz CT molecular complexity index is 358. The third-order valence-electron chi connectivity index (χ3n) is 2.66. The Hall–Kier alpha value is -0.680. The second kappa shape index (κ2) is 4.45. The molecule has 15 heavy (non-hydrogen) atoms. The van der Waals surface area contributed by atoms with Gasteiger partial charge in [-0.05, 0) is 23.6 Å². The molecule has 2 rings (SSSR count). The van der Waals surface area contributed by atoms with Gasteiger partial charge in [0.25, 0.3) is 5.91 Å². The van der Waals surface area contributed by atoms with Gasteiger partial charge in [0.2, 0.25) is 0 Å². The van der Waals surface area contributed by atoms with Gasteiger partial charge in [-0.15, -0.1) is 11.3 Å². The van der Waals surface area contributed by atoms with Crippen LogP contribution >= 0.6 is 23.1 Å². The SMILES string of the molecule is CN(C(=O)c1sccc1N)C1CCSC1. The van der Waals surface area contributed by atoms with Crippen LogP contribution in [0.2, 0.25) is 0 Å². The van der Waals surface area contributed by atoms with E-state index in [-0.39, 0.29) is 5.91 Å². The van der Waals surface area contributed by atoms with E-state index in [9.17, 15) is 4.79 Å². The molecule has 3 nitrogen and oxygen atoms in total. The van der Waals surface area contributed by atoms with Crippen molar-refractivity contribution in [2.45, 2.75) is 12.5 Å². The van der Waals surface area contributed by atoms with Crippen LogP contribution in [0.1, 0.15) is 16.1 Å². The summed E-state index contributed by atoms with van der Waals surface area (Å²) in [6.45, 7) is 0. The van der Waals surface area contributed by atoms with Crippen molar-refractivity contribution in [3.63, 3.8) is 0 Å². The Morgan fingerprint density at radius 3 is 3.00 bits per heavy atom. The molecule has 1 atom stereocenters. The molecule has 1 fully saturated rings. The van der Waals surface area contributed by atoms with Crippen molar-refractivity contribution in [2.24, 2.45) is 0 Å². The predicted molar refractivity (Wildman–Crippen MR) is 66.6 cm³/mol. The second-order valence-corrected chi connectivity index (χ2v) is 5.70. The summed E-state index contributed by atoms with van der Waals surface area (Å²) in [7, 11) is 1.87. The lowest BCUT2D eigenvalue weighted by molar-refractivity contribution is 0.0753. The minimum absolute atomic E-state index is 0.0648. The average molecular weight is 242 g/mol. The fraction of sp³-hybridized carbons (Fsp3) is 0.500. The minimum atomic E-state index is 0.0648. The Morgan fingerprint density at radius 2 is 2.47 bits per heavy atom. The van der Waals surface area contributed by atoms with Crippen LogP contribution in [0.4, 0.5) is 5.69 Å². The molecular weight excluding hydrogens is 228 g/mol. The number of nitrogens with two attached hydrogens (primary N) is 1. The first-order chi connectivity index (χ1) is 7.20. The molecule has 0 spiro atoms. The van der Waals surface area contributed by atoms with Crippen molar-refractivity contribution in [1.82, 2.24) is 4.90 Å². The quantitative estimate of drug-likeness (QED) is 0.861. The van der Waals surface area contributed by atoms with Crippen LogP contribution < -0.4 is 5.73 Å². The lowest BCUT2D eigenvalue weighted by atomic mass is 10.2. The van der Waals surface area contributed by atoms with Gasteiger partial charge in [-0.2, -0.15) is 11.8 Å². The van der Waals surface area contributed by atoms with E-state index < -0.39 is 0 Å². The molecule has 0 aromatic carbocycles. The summed E-state index contributed by atoms with van der Waals surface area (Å²) in [6, 6.07) is 2.17. The van der Waals surface area contributed by atoms with Crippen molar-refractivity contribution < 1.29 is 4.79 Å². The van der Waals surface area contributed by atoms with Crippen molar-refractivity contribution in [1.29, 1.82) is 0 Å².